The second kappa shape index (κ2) is 6.36. The van der Waals surface area contributed by atoms with Crippen molar-refractivity contribution < 1.29 is 5.11 Å². The fourth-order valence-electron chi connectivity index (χ4n) is 2.42. The van der Waals surface area contributed by atoms with E-state index in [1.165, 1.54) is 11.1 Å². The van der Waals surface area contributed by atoms with Crippen LogP contribution in [-0.2, 0) is 0 Å². The largest absolute Gasteiger partial charge is 0.392 e. The first-order chi connectivity index (χ1) is 8.83. The molecule has 0 unspecified atom stereocenters. The van der Waals surface area contributed by atoms with Crippen molar-refractivity contribution in [1.82, 2.24) is 0 Å². The van der Waals surface area contributed by atoms with E-state index < -0.39 is 0 Å². The number of hydrogen-bond acceptors (Lipinski definition) is 1. The lowest BCUT2D eigenvalue weighted by atomic mass is 9.85. The van der Waals surface area contributed by atoms with Gasteiger partial charge in [-0.05, 0) is 17.5 Å². The molecular formula is C17H20O. The van der Waals surface area contributed by atoms with Gasteiger partial charge in [-0.25, -0.2) is 0 Å². The van der Waals surface area contributed by atoms with Crippen molar-refractivity contribution in [2.75, 3.05) is 0 Å². The Labute approximate surface area is 109 Å². The zero-order valence-electron chi connectivity index (χ0n) is 10.8. The van der Waals surface area contributed by atoms with Crippen LogP contribution in [0.5, 0.6) is 0 Å². The van der Waals surface area contributed by atoms with Crippen molar-refractivity contribution in [2.45, 2.75) is 31.8 Å². The Kier molecular flexibility index (Phi) is 4.54. The lowest BCUT2D eigenvalue weighted by Crippen LogP contribution is -2.19. The molecule has 1 nitrogen and oxygen atoms in total. The minimum atomic E-state index is -0.320. The third-order valence-corrected chi connectivity index (χ3v) is 3.29. The molecule has 0 spiro atoms. The molecule has 0 heterocycles. The molecule has 94 valence electrons. The van der Waals surface area contributed by atoms with E-state index in [-0.39, 0.29) is 12.0 Å². The molecule has 18 heavy (non-hydrogen) atoms. The normalized spacial score (nSPS) is 12.6. The van der Waals surface area contributed by atoms with E-state index in [4.69, 9.17) is 0 Å². The molecule has 1 heteroatoms. The van der Waals surface area contributed by atoms with Crippen LogP contribution in [0.4, 0.5) is 0 Å². The fourth-order valence-corrected chi connectivity index (χ4v) is 2.42. The van der Waals surface area contributed by atoms with Gasteiger partial charge in [0.15, 0.2) is 0 Å². The second-order valence-electron chi connectivity index (χ2n) is 4.66. The quantitative estimate of drug-likeness (QED) is 0.838. The van der Waals surface area contributed by atoms with Crippen molar-refractivity contribution in [3.63, 3.8) is 0 Å². The molecule has 0 saturated carbocycles. The molecule has 0 fully saturated rings. The van der Waals surface area contributed by atoms with Gasteiger partial charge >= 0.3 is 0 Å². The number of hydrogen-bond donors (Lipinski definition) is 1. The van der Waals surface area contributed by atoms with Crippen LogP contribution < -0.4 is 0 Å². The summed E-state index contributed by atoms with van der Waals surface area (Å²) >= 11 is 0. The Balaban J connectivity index is 2.35. The standard InChI is InChI=1S/C17H20O/c1-2-9-16(18)17(14-10-5-3-6-11-14)15-12-7-4-8-13-15/h3-8,10-13,16-18H,2,9H2,1H3/t16-/m1/s1. The summed E-state index contributed by atoms with van der Waals surface area (Å²) in [4.78, 5) is 0. The van der Waals surface area contributed by atoms with E-state index in [9.17, 15) is 5.11 Å². The second-order valence-corrected chi connectivity index (χ2v) is 4.66. The van der Waals surface area contributed by atoms with Crippen molar-refractivity contribution in [3.8, 4) is 0 Å². The summed E-state index contributed by atoms with van der Waals surface area (Å²) in [5.74, 6) is 0.0762. The molecule has 0 bridgehead atoms. The highest BCUT2D eigenvalue weighted by Gasteiger charge is 2.21. The van der Waals surface area contributed by atoms with E-state index in [1.54, 1.807) is 0 Å². The van der Waals surface area contributed by atoms with Crippen LogP contribution in [0.25, 0.3) is 0 Å². The van der Waals surface area contributed by atoms with Crippen molar-refractivity contribution >= 4 is 0 Å². The van der Waals surface area contributed by atoms with Gasteiger partial charge < -0.3 is 5.11 Å². The van der Waals surface area contributed by atoms with Crippen molar-refractivity contribution in [1.29, 1.82) is 0 Å². The Morgan fingerprint density at radius 3 is 1.67 bits per heavy atom. The van der Waals surface area contributed by atoms with Gasteiger partial charge in [-0.1, -0.05) is 74.0 Å². The van der Waals surface area contributed by atoms with Gasteiger partial charge in [0.2, 0.25) is 0 Å². The Bertz CT molecular complexity index is 410. The Hall–Kier alpha value is -1.60. The highest BCUT2D eigenvalue weighted by molar-refractivity contribution is 5.33. The number of aliphatic hydroxyl groups excluding tert-OH is 1. The molecule has 0 aromatic heterocycles. The van der Waals surface area contributed by atoms with Gasteiger partial charge in [0.1, 0.15) is 0 Å². The minimum absolute atomic E-state index is 0.0762. The van der Waals surface area contributed by atoms with Gasteiger partial charge in [-0.15, -0.1) is 0 Å². The maximum absolute atomic E-state index is 10.4. The maximum Gasteiger partial charge on any atom is 0.0649 e. The van der Waals surface area contributed by atoms with E-state index in [0.29, 0.717) is 0 Å². The highest BCUT2D eigenvalue weighted by atomic mass is 16.3. The molecule has 0 aliphatic rings. The van der Waals surface area contributed by atoms with Crippen LogP contribution in [0.3, 0.4) is 0 Å². The van der Waals surface area contributed by atoms with Gasteiger partial charge in [0.05, 0.1) is 6.10 Å². The zero-order valence-corrected chi connectivity index (χ0v) is 10.8. The first-order valence-electron chi connectivity index (χ1n) is 6.61. The van der Waals surface area contributed by atoms with Crippen LogP contribution >= 0.6 is 0 Å². The summed E-state index contributed by atoms with van der Waals surface area (Å²) < 4.78 is 0. The minimum Gasteiger partial charge on any atom is -0.392 e. The Morgan fingerprint density at radius 1 is 0.833 bits per heavy atom. The van der Waals surface area contributed by atoms with E-state index >= 15 is 0 Å². The van der Waals surface area contributed by atoms with E-state index in [2.05, 4.69) is 31.2 Å². The first kappa shape index (κ1) is 12.8. The summed E-state index contributed by atoms with van der Waals surface area (Å²) in [5, 5.41) is 10.4. The molecular weight excluding hydrogens is 220 g/mol. The SMILES string of the molecule is CCC[C@@H](O)C(c1ccccc1)c1ccccc1. The monoisotopic (exact) mass is 240 g/mol. The van der Waals surface area contributed by atoms with Gasteiger partial charge in [0, 0.05) is 5.92 Å². The number of aliphatic hydroxyl groups is 1. The fraction of sp³-hybridized carbons (Fsp3) is 0.294. The van der Waals surface area contributed by atoms with Crippen molar-refractivity contribution in [2.24, 2.45) is 0 Å². The van der Waals surface area contributed by atoms with E-state index in [0.717, 1.165) is 12.8 Å². The van der Waals surface area contributed by atoms with Gasteiger partial charge in [0.25, 0.3) is 0 Å². The predicted molar refractivity (Wildman–Crippen MR) is 75.6 cm³/mol. The molecule has 0 radical (unpaired) electrons. The smallest absolute Gasteiger partial charge is 0.0649 e. The summed E-state index contributed by atoms with van der Waals surface area (Å²) in [6.07, 6.45) is 1.51. The predicted octanol–water partition coefficient (Wildman–Crippen LogP) is 3.98. The molecule has 0 aliphatic carbocycles. The average molecular weight is 240 g/mol. The summed E-state index contributed by atoms with van der Waals surface area (Å²) in [5.41, 5.74) is 2.37. The molecule has 1 N–H and O–H groups in total. The third-order valence-electron chi connectivity index (χ3n) is 3.29. The van der Waals surface area contributed by atoms with Gasteiger partial charge in [-0.2, -0.15) is 0 Å². The summed E-state index contributed by atoms with van der Waals surface area (Å²) in [7, 11) is 0. The molecule has 0 aliphatic heterocycles. The maximum atomic E-state index is 10.4. The van der Waals surface area contributed by atoms with Crippen LogP contribution in [0.15, 0.2) is 60.7 Å². The van der Waals surface area contributed by atoms with E-state index in [1.807, 2.05) is 36.4 Å². The molecule has 2 aromatic carbocycles. The Morgan fingerprint density at radius 2 is 1.28 bits per heavy atom. The number of benzene rings is 2. The molecule has 2 rings (SSSR count). The lowest BCUT2D eigenvalue weighted by Gasteiger charge is -2.23. The summed E-state index contributed by atoms with van der Waals surface area (Å²) in [6.45, 7) is 2.11. The average Bonchev–Trinajstić information content (AvgIpc) is 2.42. The highest BCUT2D eigenvalue weighted by Crippen LogP contribution is 2.29. The zero-order chi connectivity index (χ0) is 12.8. The molecule has 0 saturated heterocycles. The third kappa shape index (κ3) is 2.99. The van der Waals surface area contributed by atoms with Crippen molar-refractivity contribution in [3.05, 3.63) is 71.8 Å². The van der Waals surface area contributed by atoms with Crippen LogP contribution in [-0.4, -0.2) is 11.2 Å². The van der Waals surface area contributed by atoms with Crippen LogP contribution in [0, 0.1) is 0 Å². The van der Waals surface area contributed by atoms with Crippen LogP contribution in [0.2, 0.25) is 0 Å². The lowest BCUT2D eigenvalue weighted by molar-refractivity contribution is 0.145. The summed E-state index contributed by atoms with van der Waals surface area (Å²) in [6, 6.07) is 20.5. The molecule has 2 aromatic rings. The van der Waals surface area contributed by atoms with Crippen LogP contribution in [0.1, 0.15) is 36.8 Å². The van der Waals surface area contributed by atoms with Gasteiger partial charge in [-0.3, -0.25) is 0 Å². The number of rotatable bonds is 5. The topological polar surface area (TPSA) is 20.2 Å². The molecule has 0 amide bonds. The first-order valence-corrected chi connectivity index (χ1v) is 6.61. The molecule has 1 atom stereocenters.